The zero-order valence-corrected chi connectivity index (χ0v) is 17.1. The van der Waals surface area contributed by atoms with Crippen molar-refractivity contribution in [3.63, 3.8) is 0 Å². The number of carbonyl (C=O) groups excluding carboxylic acids is 4. The van der Waals surface area contributed by atoms with Gasteiger partial charge in [-0.1, -0.05) is 18.2 Å². The van der Waals surface area contributed by atoms with Crippen molar-refractivity contribution in [1.82, 2.24) is 9.80 Å². The number of nitrogens with one attached hydrogen (secondary N) is 1. The monoisotopic (exact) mass is 425 g/mol. The van der Waals surface area contributed by atoms with Crippen molar-refractivity contribution < 1.29 is 28.7 Å². The first-order valence-electron chi connectivity index (χ1n) is 9.72. The molecule has 1 saturated heterocycles. The fourth-order valence-electron chi connectivity index (χ4n) is 3.05. The van der Waals surface area contributed by atoms with E-state index in [1.807, 2.05) is 18.2 Å². The third-order valence-electron chi connectivity index (χ3n) is 4.81. The van der Waals surface area contributed by atoms with Crippen LogP contribution in [-0.4, -0.2) is 73.6 Å². The van der Waals surface area contributed by atoms with E-state index in [0.717, 1.165) is 0 Å². The van der Waals surface area contributed by atoms with Gasteiger partial charge in [-0.3, -0.25) is 4.79 Å². The molecule has 31 heavy (non-hydrogen) atoms. The fourth-order valence-corrected chi connectivity index (χ4v) is 3.05. The Hall–Kier alpha value is -3.88. The van der Waals surface area contributed by atoms with Gasteiger partial charge < -0.3 is 24.6 Å². The van der Waals surface area contributed by atoms with Crippen LogP contribution >= 0.6 is 0 Å². The van der Waals surface area contributed by atoms with E-state index in [2.05, 4.69) is 10.1 Å². The summed E-state index contributed by atoms with van der Waals surface area (Å²) in [5.74, 6) is -1.50. The lowest BCUT2D eigenvalue weighted by molar-refractivity contribution is -0.135. The number of hydrogen-bond acceptors (Lipinski definition) is 6. The minimum Gasteiger partial charge on any atom is -0.465 e. The molecule has 2 aromatic carbocycles. The van der Waals surface area contributed by atoms with Gasteiger partial charge in [0.15, 0.2) is 6.61 Å². The lowest BCUT2D eigenvalue weighted by Crippen LogP contribution is -2.52. The molecule has 0 radical (unpaired) electrons. The molecule has 162 valence electrons. The van der Waals surface area contributed by atoms with Crippen LogP contribution in [0, 0.1) is 0 Å². The number of esters is 2. The van der Waals surface area contributed by atoms with Crippen molar-refractivity contribution in [2.45, 2.75) is 0 Å². The highest BCUT2D eigenvalue weighted by molar-refractivity contribution is 5.94. The average molecular weight is 425 g/mol. The first kappa shape index (κ1) is 21.8. The molecule has 1 aliphatic heterocycles. The number of methoxy groups -OCH3 is 1. The van der Waals surface area contributed by atoms with Crippen LogP contribution in [0.3, 0.4) is 0 Å². The number of para-hydroxylation sites is 1. The molecule has 0 saturated carbocycles. The average Bonchev–Trinajstić information content (AvgIpc) is 2.82. The van der Waals surface area contributed by atoms with Crippen molar-refractivity contribution in [3.05, 3.63) is 65.7 Å². The van der Waals surface area contributed by atoms with E-state index in [1.165, 1.54) is 31.4 Å². The molecule has 3 amide bonds. The molecule has 9 heteroatoms. The van der Waals surface area contributed by atoms with E-state index >= 15 is 0 Å². The fraction of sp³-hybridized carbons (Fsp3) is 0.273. The topological polar surface area (TPSA) is 105 Å². The molecule has 0 aliphatic carbocycles. The molecular formula is C22H23N3O6. The van der Waals surface area contributed by atoms with Crippen LogP contribution in [-0.2, 0) is 14.3 Å². The van der Waals surface area contributed by atoms with E-state index in [1.54, 1.807) is 21.9 Å². The van der Waals surface area contributed by atoms with Crippen molar-refractivity contribution in [1.29, 1.82) is 0 Å². The van der Waals surface area contributed by atoms with Gasteiger partial charge in [0.25, 0.3) is 5.91 Å². The Morgan fingerprint density at radius 1 is 0.806 bits per heavy atom. The molecule has 0 spiro atoms. The summed E-state index contributed by atoms with van der Waals surface area (Å²) < 4.78 is 9.68. The predicted molar refractivity (Wildman–Crippen MR) is 112 cm³/mol. The summed E-state index contributed by atoms with van der Waals surface area (Å²) in [6, 6.07) is 14.7. The predicted octanol–water partition coefficient (Wildman–Crippen LogP) is 2.01. The number of amides is 3. The van der Waals surface area contributed by atoms with Gasteiger partial charge in [0.2, 0.25) is 0 Å². The summed E-state index contributed by atoms with van der Waals surface area (Å²) in [7, 11) is 1.27. The van der Waals surface area contributed by atoms with Gasteiger partial charge in [-0.25, -0.2) is 14.4 Å². The van der Waals surface area contributed by atoms with E-state index in [9.17, 15) is 19.2 Å². The standard InChI is InChI=1S/C22H23N3O6/c1-30-20(27)16-7-9-17(10-8-16)21(28)31-15-19(26)24-11-13-25(14-12-24)22(29)23-18-5-3-2-4-6-18/h2-10H,11-15H2,1H3,(H,23,29). The minimum absolute atomic E-state index is 0.222. The Bertz CT molecular complexity index is 937. The van der Waals surface area contributed by atoms with Crippen LogP contribution in [0.5, 0.6) is 0 Å². The summed E-state index contributed by atoms with van der Waals surface area (Å²) in [5.41, 5.74) is 1.24. The van der Waals surface area contributed by atoms with Crippen LogP contribution < -0.4 is 5.32 Å². The number of ether oxygens (including phenoxy) is 2. The van der Waals surface area contributed by atoms with Gasteiger partial charge >= 0.3 is 18.0 Å². The zero-order valence-electron chi connectivity index (χ0n) is 17.1. The summed E-state index contributed by atoms with van der Waals surface area (Å²) in [6.45, 7) is 1.08. The highest BCUT2D eigenvalue weighted by Crippen LogP contribution is 2.10. The van der Waals surface area contributed by atoms with Gasteiger partial charge in [-0.15, -0.1) is 0 Å². The SMILES string of the molecule is COC(=O)c1ccc(C(=O)OCC(=O)N2CCN(C(=O)Nc3ccccc3)CC2)cc1. The number of carbonyl (C=O) groups is 4. The van der Waals surface area contributed by atoms with Crippen molar-refractivity contribution in [2.75, 3.05) is 45.2 Å². The lowest BCUT2D eigenvalue weighted by atomic mass is 10.1. The molecule has 3 rings (SSSR count). The number of piperazine rings is 1. The maximum Gasteiger partial charge on any atom is 0.338 e. The molecule has 0 bridgehead atoms. The molecule has 1 N–H and O–H groups in total. The van der Waals surface area contributed by atoms with Crippen LogP contribution in [0.15, 0.2) is 54.6 Å². The van der Waals surface area contributed by atoms with E-state index in [-0.39, 0.29) is 17.5 Å². The molecule has 1 heterocycles. The van der Waals surface area contributed by atoms with Crippen LogP contribution in [0.25, 0.3) is 0 Å². The first-order valence-corrected chi connectivity index (χ1v) is 9.72. The van der Waals surface area contributed by atoms with Gasteiger partial charge in [0.05, 0.1) is 18.2 Å². The Balaban J connectivity index is 1.43. The smallest absolute Gasteiger partial charge is 0.338 e. The third kappa shape index (κ3) is 5.81. The van der Waals surface area contributed by atoms with Crippen LogP contribution in [0.1, 0.15) is 20.7 Å². The summed E-state index contributed by atoms with van der Waals surface area (Å²) in [5, 5.41) is 2.81. The van der Waals surface area contributed by atoms with Crippen molar-refractivity contribution >= 4 is 29.6 Å². The Kier molecular flexibility index (Phi) is 7.21. The second-order valence-electron chi connectivity index (χ2n) is 6.81. The van der Waals surface area contributed by atoms with E-state index < -0.39 is 18.5 Å². The van der Waals surface area contributed by atoms with E-state index in [4.69, 9.17) is 4.74 Å². The van der Waals surface area contributed by atoms with Crippen molar-refractivity contribution in [2.24, 2.45) is 0 Å². The number of benzene rings is 2. The lowest BCUT2D eigenvalue weighted by Gasteiger charge is -2.34. The molecule has 2 aromatic rings. The highest BCUT2D eigenvalue weighted by Gasteiger charge is 2.25. The maximum absolute atomic E-state index is 12.4. The number of nitrogens with zero attached hydrogens (tertiary/aromatic N) is 2. The maximum atomic E-state index is 12.4. The van der Waals surface area contributed by atoms with Crippen LogP contribution in [0.2, 0.25) is 0 Å². The largest absolute Gasteiger partial charge is 0.465 e. The number of urea groups is 1. The number of anilines is 1. The van der Waals surface area contributed by atoms with E-state index in [0.29, 0.717) is 37.4 Å². The number of rotatable bonds is 5. The number of hydrogen-bond donors (Lipinski definition) is 1. The van der Waals surface area contributed by atoms with Gasteiger partial charge in [0.1, 0.15) is 0 Å². The normalized spacial score (nSPS) is 13.3. The third-order valence-corrected chi connectivity index (χ3v) is 4.81. The molecular weight excluding hydrogens is 402 g/mol. The Labute approximate surface area is 179 Å². The molecule has 1 fully saturated rings. The Morgan fingerprint density at radius 3 is 1.94 bits per heavy atom. The summed E-state index contributed by atoms with van der Waals surface area (Å²) in [6.07, 6.45) is 0. The van der Waals surface area contributed by atoms with Crippen LogP contribution in [0.4, 0.5) is 10.5 Å². The molecule has 1 aliphatic rings. The minimum atomic E-state index is -0.661. The second kappa shape index (κ2) is 10.2. The molecule has 0 atom stereocenters. The quantitative estimate of drug-likeness (QED) is 0.735. The van der Waals surface area contributed by atoms with Gasteiger partial charge in [-0.2, -0.15) is 0 Å². The summed E-state index contributed by atoms with van der Waals surface area (Å²) >= 11 is 0. The molecule has 0 unspecified atom stereocenters. The summed E-state index contributed by atoms with van der Waals surface area (Å²) in [4.78, 5) is 51.4. The first-order chi connectivity index (χ1) is 15.0. The van der Waals surface area contributed by atoms with Gasteiger partial charge in [0, 0.05) is 31.9 Å². The zero-order chi connectivity index (χ0) is 22.2. The molecule has 9 nitrogen and oxygen atoms in total. The molecule has 0 aromatic heterocycles. The second-order valence-corrected chi connectivity index (χ2v) is 6.81. The van der Waals surface area contributed by atoms with Gasteiger partial charge in [-0.05, 0) is 36.4 Å². The van der Waals surface area contributed by atoms with Crippen molar-refractivity contribution in [3.8, 4) is 0 Å². The Morgan fingerprint density at radius 2 is 1.35 bits per heavy atom. The highest BCUT2D eigenvalue weighted by atomic mass is 16.5.